The highest BCUT2D eigenvalue weighted by Gasteiger charge is 2.31. The van der Waals surface area contributed by atoms with E-state index < -0.39 is 10.0 Å². The lowest BCUT2D eigenvalue weighted by Gasteiger charge is -2.30. The Labute approximate surface area is 175 Å². The molecular formula is C21H25FN2O3S2. The maximum absolute atomic E-state index is 12.9. The molecule has 1 fully saturated rings. The number of benzene rings is 2. The molecule has 0 unspecified atom stereocenters. The van der Waals surface area contributed by atoms with Gasteiger partial charge in [0, 0.05) is 30.4 Å². The first-order valence-corrected chi connectivity index (χ1v) is 12.1. The number of carbonyl (C=O) groups is 1. The zero-order chi connectivity index (χ0) is 20.7. The maximum Gasteiger partial charge on any atom is 0.243 e. The smallest absolute Gasteiger partial charge is 0.243 e. The van der Waals surface area contributed by atoms with Gasteiger partial charge in [0.25, 0.3) is 0 Å². The molecule has 0 saturated carbocycles. The number of hydrogen-bond acceptors (Lipinski definition) is 4. The highest BCUT2D eigenvalue weighted by molar-refractivity contribution is 7.99. The predicted molar refractivity (Wildman–Crippen MR) is 113 cm³/mol. The topological polar surface area (TPSA) is 66.5 Å². The maximum atomic E-state index is 12.9. The number of halogens is 1. The molecule has 3 rings (SSSR count). The molecular weight excluding hydrogens is 411 g/mol. The molecule has 0 spiro atoms. The summed E-state index contributed by atoms with van der Waals surface area (Å²) in [4.78, 5) is 13.7. The number of thioether (sulfide) groups is 1. The van der Waals surface area contributed by atoms with Gasteiger partial charge in [-0.15, -0.1) is 11.8 Å². The van der Waals surface area contributed by atoms with E-state index in [-0.39, 0.29) is 17.6 Å². The molecule has 0 atom stereocenters. The normalized spacial score (nSPS) is 15.9. The SMILES string of the molecule is O=C(NCCCSc1ccc(F)cc1)C1CCN(S(=O)(=O)c2ccccc2)CC1. The van der Waals surface area contributed by atoms with Gasteiger partial charge in [-0.25, -0.2) is 12.8 Å². The summed E-state index contributed by atoms with van der Waals surface area (Å²) in [6, 6.07) is 14.8. The number of sulfonamides is 1. The van der Waals surface area contributed by atoms with Crippen molar-refractivity contribution in [2.75, 3.05) is 25.4 Å². The lowest BCUT2D eigenvalue weighted by atomic mass is 9.97. The van der Waals surface area contributed by atoms with E-state index in [0.29, 0.717) is 37.4 Å². The van der Waals surface area contributed by atoms with Crippen LogP contribution in [0.15, 0.2) is 64.4 Å². The summed E-state index contributed by atoms with van der Waals surface area (Å²) in [5, 5.41) is 2.95. The number of hydrogen-bond donors (Lipinski definition) is 1. The van der Waals surface area contributed by atoms with Crippen LogP contribution in [0.1, 0.15) is 19.3 Å². The molecule has 8 heteroatoms. The van der Waals surface area contributed by atoms with Crippen LogP contribution in [0.25, 0.3) is 0 Å². The lowest BCUT2D eigenvalue weighted by molar-refractivity contribution is -0.126. The number of amides is 1. The third-order valence-electron chi connectivity index (χ3n) is 4.91. The van der Waals surface area contributed by atoms with E-state index in [1.54, 1.807) is 54.2 Å². The minimum atomic E-state index is -3.49. The quantitative estimate of drug-likeness (QED) is 0.508. The van der Waals surface area contributed by atoms with E-state index in [9.17, 15) is 17.6 Å². The second-order valence-corrected chi connectivity index (χ2v) is 10.0. The van der Waals surface area contributed by atoms with Crippen LogP contribution >= 0.6 is 11.8 Å². The Bertz CT molecular complexity index is 897. The van der Waals surface area contributed by atoms with E-state index in [4.69, 9.17) is 0 Å². The third kappa shape index (κ3) is 6.04. The summed E-state index contributed by atoms with van der Waals surface area (Å²) in [7, 11) is -3.49. The van der Waals surface area contributed by atoms with E-state index >= 15 is 0 Å². The third-order valence-corrected chi connectivity index (χ3v) is 7.92. The first-order chi connectivity index (χ1) is 14.0. The van der Waals surface area contributed by atoms with Gasteiger partial charge in [0.15, 0.2) is 0 Å². The van der Waals surface area contributed by atoms with Crippen molar-refractivity contribution in [3.8, 4) is 0 Å². The molecule has 0 radical (unpaired) electrons. The number of piperidine rings is 1. The van der Waals surface area contributed by atoms with Gasteiger partial charge in [-0.3, -0.25) is 4.79 Å². The minimum absolute atomic E-state index is 0.00598. The second kappa shape index (κ2) is 10.2. The Morgan fingerprint density at radius 2 is 1.72 bits per heavy atom. The standard InChI is InChI=1S/C21H25FN2O3S2/c22-18-7-9-19(10-8-18)28-16-4-13-23-21(25)17-11-14-24(15-12-17)29(26,27)20-5-2-1-3-6-20/h1-3,5-10,17H,4,11-16H2,(H,23,25). The first-order valence-electron chi connectivity index (χ1n) is 9.68. The van der Waals surface area contributed by atoms with E-state index in [1.165, 1.54) is 16.4 Å². The molecule has 1 amide bonds. The highest BCUT2D eigenvalue weighted by Crippen LogP contribution is 2.24. The molecule has 156 valence electrons. The van der Waals surface area contributed by atoms with E-state index in [1.807, 2.05) is 0 Å². The summed E-state index contributed by atoms with van der Waals surface area (Å²) in [5.41, 5.74) is 0. The van der Waals surface area contributed by atoms with Gasteiger partial charge in [-0.2, -0.15) is 4.31 Å². The Morgan fingerprint density at radius 1 is 1.07 bits per heavy atom. The fourth-order valence-corrected chi connectivity index (χ4v) is 5.59. The van der Waals surface area contributed by atoms with Crippen LogP contribution in [-0.2, 0) is 14.8 Å². The molecule has 2 aromatic rings. The molecule has 1 N–H and O–H groups in total. The summed E-state index contributed by atoms with van der Waals surface area (Å²) in [6.07, 6.45) is 1.87. The molecule has 0 aromatic heterocycles. The van der Waals surface area contributed by atoms with Crippen molar-refractivity contribution in [2.45, 2.75) is 29.1 Å². The summed E-state index contributed by atoms with van der Waals surface area (Å²) >= 11 is 1.63. The van der Waals surface area contributed by atoms with Crippen molar-refractivity contribution in [1.82, 2.24) is 9.62 Å². The van der Waals surface area contributed by atoms with Crippen LogP contribution in [0, 0.1) is 11.7 Å². The van der Waals surface area contributed by atoms with Gasteiger partial charge >= 0.3 is 0 Å². The Morgan fingerprint density at radius 3 is 2.38 bits per heavy atom. The fraction of sp³-hybridized carbons (Fsp3) is 0.381. The zero-order valence-electron chi connectivity index (χ0n) is 16.1. The molecule has 5 nitrogen and oxygen atoms in total. The van der Waals surface area contributed by atoms with Crippen LogP contribution < -0.4 is 5.32 Å². The Hall–Kier alpha value is -1.90. The highest BCUT2D eigenvalue weighted by atomic mass is 32.2. The van der Waals surface area contributed by atoms with E-state index in [2.05, 4.69) is 5.32 Å². The van der Waals surface area contributed by atoms with E-state index in [0.717, 1.165) is 17.1 Å². The van der Waals surface area contributed by atoms with Crippen molar-refractivity contribution in [3.05, 3.63) is 60.4 Å². The van der Waals surface area contributed by atoms with Crippen LogP contribution in [0.3, 0.4) is 0 Å². The number of carbonyl (C=O) groups excluding carboxylic acids is 1. The molecule has 1 aliphatic rings. The van der Waals surface area contributed by atoms with Crippen molar-refractivity contribution in [1.29, 1.82) is 0 Å². The second-order valence-electron chi connectivity index (χ2n) is 6.94. The largest absolute Gasteiger partial charge is 0.356 e. The summed E-state index contributed by atoms with van der Waals surface area (Å²) in [6.45, 7) is 1.29. The number of nitrogens with zero attached hydrogens (tertiary/aromatic N) is 1. The predicted octanol–water partition coefficient (Wildman–Crippen LogP) is 3.53. The zero-order valence-corrected chi connectivity index (χ0v) is 17.7. The summed E-state index contributed by atoms with van der Waals surface area (Å²) in [5.74, 6) is 0.430. The van der Waals surface area contributed by atoms with Crippen LogP contribution in [-0.4, -0.2) is 44.0 Å². The summed E-state index contributed by atoms with van der Waals surface area (Å²) < 4.78 is 39.6. The molecule has 29 heavy (non-hydrogen) atoms. The fourth-order valence-electron chi connectivity index (χ4n) is 3.25. The van der Waals surface area contributed by atoms with Crippen molar-refractivity contribution >= 4 is 27.7 Å². The van der Waals surface area contributed by atoms with Crippen LogP contribution in [0.2, 0.25) is 0 Å². The lowest BCUT2D eigenvalue weighted by Crippen LogP contribution is -2.43. The van der Waals surface area contributed by atoms with Crippen LogP contribution in [0.5, 0.6) is 0 Å². The molecule has 2 aromatic carbocycles. The minimum Gasteiger partial charge on any atom is -0.356 e. The van der Waals surface area contributed by atoms with Gasteiger partial charge < -0.3 is 5.32 Å². The first kappa shape index (κ1) is 21.8. The van der Waals surface area contributed by atoms with Crippen molar-refractivity contribution in [3.63, 3.8) is 0 Å². The van der Waals surface area contributed by atoms with Crippen LogP contribution in [0.4, 0.5) is 4.39 Å². The monoisotopic (exact) mass is 436 g/mol. The molecule has 0 aliphatic carbocycles. The Balaban J connectivity index is 1.37. The van der Waals surface area contributed by atoms with Crippen molar-refractivity contribution in [2.24, 2.45) is 5.92 Å². The van der Waals surface area contributed by atoms with Gasteiger partial charge in [0.1, 0.15) is 5.82 Å². The average molecular weight is 437 g/mol. The van der Waals surface area contributed by atoms with Gasteiger partial charge in [-0.05, 0) is 61.4 Å². The molecule has 1 saturated heterocycles. The molecule has 0 bridgehead atoms. The Kier molecular flexibility index (Phi) is 7.69. The van der Waals surface area contributed by atoms with Gasteiger partial charge in [0.2, 0.25) is 15.9 Å². The number of nitrogens with one attached hydrogen (secondary N) is 1. The van der Waals surface area contributed by atoms with Gasteiger partial charge in [0.05, 0.1) is 4.90 Å². The van der Waals surface area contributed by atoms with Gasteiger partial charge in [-0.1, -0.05) is 18.2 Å². The van der Waals surface area contributed by atoms with Crippen molar-refractivity contribution < 1.29 is 17.6 Å². The number of rotatable bonds is 8. The average Bonchev–Trinajstić information content (AvgIpc) is 2.75. The molecule has 1 heterocycles. The molecule has 1 aliphatic heterocycles.